The Hall–Kier alpha value is -3.31. The maximum atomic E-state index is 13.7. The number of amides is 1. The number of hydrogen-bond acceptors (Lipinski definition) is 4. The highest BCUT2D eigenvalue weighted by atomic mass is 35.5. The van der Waals surface area contributed by atoms with Gasteiger partial charge in [0.25, 0.3) is 5.91 Å². The average molecular weight is 498 g/mol. The fourth-order valence-electron chi connectivity index (χ4n) is 3.75. The summed E-state index contributed by atoms with van der Waals surface area (Å²) in [5.74, 6) is -2.07. The first-order chi connectivity index (χ1) is 16.8. The zero-order chi connectivity index (χ0) is 25.4. The Bertz CT molecular complexity index is 1210. The van der Waals surface area contributed by atoms with Gasteiger partial charge in [-0.15, -0.1) is 0 Å². The molecule has 0 spiro atoms. The first kappa shape index (κ1) is 26.3. The van der Waals surface area contributed by atoms with E-state index in [0.717, 1.165) is 30.2 Å². The normalized spacial score (nSPS) is 12.6. The van der Waals surface area contributed by atoms with Gasteiger partial charge in [0.1, 0.15) is 11.6 Å². The van der Waals surface area contributed by atoms with Crippen molar-refractivity contribution in [2.24, 2.45) is 0 Å². The highest BCUT2D eigenvalue weighted by molar-refractivity contribution is 6.34. The lowest BCUT2D eigenvalue weighted by molar-refractivity contribution is 0.0830. The van der Waals surface area contributed by atoms with Crippen LogP contribution in [0.3, 0.4) is 0 Å². The fourth-order valence-corrected chi connectivity index (χ4v) is 4.01. The van der Waals surface area contributed by atoms with Crippen LogP contribution < -0.4 is 10.6 Å². The maximum Gasteiger partial charge on any atom is 0.253 e. The van der Waals surface area contributed by atoms with Crippen molar-refractivity contribution in [1.82, 2.24) is 10.6 Å². The largest absolute Gasteiger partial charge is 0.390 e. The highest BCUT2D eigenvalue weighted by Crippen LogP contribution is 2.19. The number of benzene rings is 3. The molecule has 0 unspecified atom stereocenters. The molecule has 0 radical (unpaired) electrons. The van der Waals surface area contributed by atoms with Gasteiger partial charge in [-0.3, -0.25) is 4.79 Å². The van der Waals surface area contributed by atoms with Crippen molar-refractivity contribution in [2.45, 2.75) is 38.5 Å². The number of nitriles is 1. The van der Waals surface area contributed by atoms with Crippen molar-refractivity contribution < 1.29 is 18.7 Å². The van der Waals surface area contributed by atoms with Crippen LogP contribution >= 0.6 is 11.6 Å². The van der Waals surface area contributed by atoms with Gasteiger partial charge in [-0.1, -0.05) is 42.8 Å². The minimum atomic E-state index is -1.07. The van der Waals surface area contributed by atoms with E-state index in [0.29, 0.717) is 12.1 Å². The number of hydrogen-bond donors (Lipinski definition) is 3. The molecule has 3 aromatic rings. The molecule has 3 rings (SSSR count). The van der Waals surface area contributed by atoms with Crippen LogP contribution in [-0.4, -0.2) is 29.7 Å². The predicted octanol–water partition coefficient (Wildman–Crippen LogP) is 4.54. The van der Waals surface area contributed by atoms with Gasteiger partial charge >= 0.3 is 0 Å². The first-order valence-corrected chi connectivity index (χ1v) is 11.6. The molecule has 182 valence electrons. The zero-order valence-corrected chi connectivity index (χ0v) is 19.9. The molecule has 3 N–H and O–H groups in total. The number of nitrogens with one attached hydrogen (secondary N) is 2. The summed E-state index contributed by atoms with van der Waals surface area (Å²) in [7, 11) is 0. The number of nitrogens with zero attached hydrogens (tertiary/aromatic N) is 1. The summed E-state index contributed by atoms with van der Waals surface area (Å²) < 4.78 is 27.5. The van der Waals surface area contributed by atoms with Crippen LogP contribution in [0.1, 0.15) is 39.5 Å². The monoisotopic (exact) mass is 497 g/mol. The van der Waals surface area contributed by atoms with E-state index >= 15 is 0 Å². The van der Waals surface area contributed by atoms with Gasteiger partial charge in [-0.05, 0) is 59.9 Å². The van der Waals surface area contributed by atoms with E-state index in [4.69, 9.17) is 16.9 Å². The molecule has 1 amide bonds. The lowest BCUT2D eigenvalue weighted by Gasteiger charge is -2.25. The Morgan fingerprint density at radius 2 is 1.77 bits per heavy atom. The predicted molar refractivity (Wildman–Crippen MR) is 131 cm³/mol. The summed E-state index contributed by atoms with van der Waals surface area (Å²) in [5, 5.41) is 25.9. The van der Waals surface area contributed by atoms with Crippen molar-refractivity contribution in [2.75, 3.05) is 6.54 Å². The lowest BCUT2D eigenvalue weighted by atomic mass is 9.99. The third-order valence-corrected chi connectivity index (χ3v) is 5.90. The fraction of sp³-hybridized carbons (Fsp3) is 0.259. The second-order valence-electron chi connectivity index (χ2n) is 8.24. The summed E-state index contributed by atoms with van der Waals surface area (Å²) >= 11 is 6.16. The molecule has 0 heterocycles. The highest BCUT2D eigenvalue weighted by Gasteiger charge is 2.24. The van der Waals surface area contributed by atoms with Crippen molar-refractivity contribution in [3.8, 4) is 6.07 Å². The molecule has 8 heteroatoms. The second kappa shape index (κ2) is 12.4. The number of rotatable bonds is 10. The molecule has 0 bridgehead atoms. The van der Waals surface area contributed by atoms with Gasteiger partial charge in [-0.25, -0.2) is 8.78 Å². The average Bonchev–Trinajstić information content (AvgIpc) is 2.82. The number of carbonyl (C=O) groups is 1. The Morgan fingerprint density at radius 3 is 2.43 bits per heavy atom. The quantitative estimate of drug-likeness (QED) is 0.384. The summed E-state index contributed by atoms with van der Waals surface area (Å²) in [6, 6.07) is 16.4. The molecule has 0 aliphatic heterocycles. The Kier molecular flexibility index (Phi) is 9.32. The molecule has 3 aromatic carbocycles. The number of aliphatic hydroxyl groups excluding tert-OH is 1. The molecule has 2 atom stereocenters. The van der Waals surface area contributed by atoms with Gasteiger partial charge in [0.05, 0.1) is 34.4 Å². The van der Waals surface area contributed by atoms with E-state index in [-0.39, 0.29) is 29.1 Å². The molecule has 0 saturated carbocycles. The van der Waals surface area contributed by atoms with Crippen LogP contribution in [0.15, 0.2) is 60.7 Å². The standard InChI is InChI=1S/C27H26ClF2N3O2/c1-2-17-4-3-5-19(8-17)15-32-16-26(34)25(12-20-9-21(29)13-22(30)10-20)33-27(35)23-7-6-18(14-31)11-24(23)28/h3-11,13,25-26,32,34H,2,12,15-16H2,1H3,(H,33,35)/t25-,26+/m0/s1. The lowest BCUT2D eigenvalue weighted by Crippen LogP contribution is -2.48. The minimum absolute atomic E-state index is 0.0114. The van der Waals surface area contributed by atoms with Gasteiger partial charge in [0.2, 0.25) is 0 Å². The number of carbonyl (C=O) groups excluding carboxylic acids is 1. The molecule has 0 fully saturated rings. The van der Waals surface area contributed by atoms with E-state index < -0.39 is 29.7 Å². The minimum Gasteiger partial charge on any atom is -0.390 e. The second-order valence-corrected chi connectivity index (χ2v) is 8.65. The Labute approximate surface area is 208 Å². The summed E-state index contributed by atoms with van der Waals surface area (Å²) in [5.41, 5.74) is 2.96. The van der Waals surface area contributed by atoms with E-state index in [9.17, 15) is 18.7 Å². The molecular formula is C27H26ClF2N3O2. The van der Waals surface area contributed by atoms with Crippen LogP contribution in [0.2, 0.25) is 5.02 Å². The Morgan fingerprint density at radius 1 is 1.06 bits per heavy atom. The molecule has 35 heavy (non-hydrogen) atoms. The molecule has 0 aromatic heterocycles. The van der Waals surface area contributed by atoms with Crippen LogP contribution in [0.5, 0.6) is 0 Å². The van der Waals surface area contributed by atoms with E-state index in [1.54, 1.807) is 0 Å². The van der Waals surface area contributed by atoms with Crippen LogP contribution in [0.25, 0.3) is 0 Å². The molecular weight excluding hydrogens is 472 g/mol. The Balaban J connectivity index is 1.74. The molecule has 0 aliphatic carbocycles. The summed E-state index contributed by atoms with van der Waals surface area (Å²) in [6.45, 7) is 2.70. The van der Waals surface area contributed by atoms with Crippen LogP contribution in [-0.2, 0) is 19.4 Å². The summed E-state index contributed by atoms with van der Waals surface area (Å²) in [4.78, 5) is 12.9. The third kappa shape index (κ3) is 7.59. The third-order valence-electron chi connectivity index (χ3n) is 5.58. The van der Waals surface area contributed by atoms with Gasteiger partial charge in [0, 0.05) is 19.2 Å². The van der Waals surface area contributed by atoms with Gasteiger partial charge in [-0.2, -0.15) is 5.26 Å². The maximum absolute atomic E-state index is 13.7. The van der Waals surface area contributed by atoms with Gasteiger partial charge in [0.15, 0.2) is 0 Å². The van der Waals surface area contributed by atoms with E-state index in [1.165, 1.54) is 23.8 Å². The number of aryl methyl sites for hydroxylation is 1. The van der Waals surface area contributed by atoms with Crippen LogP contribution in [0, 0.1) is 23.0 Å². The zero-order valence-electron chi connectivity index (χ0n) is 19.2. The van der Waals surface area contributed by atoms with Gasteiger partial charge < -0.3 is 15.7 Å². The molecule has 0 aliphatic rings. The SMILES string of the molecule is CCc1cccc(CNC[C@@H](O)[C@H](Cc2cc(F)cc(F)c2)NC(=O)c2ccc(C#N)cc2Cl)c1. The smallest absolute Gasteiger partial charge is 0.253 e. The number of halogens is 3. The van der Waals surface area contributed by atoms with Crippen molar-refractivity contribution in [1.29, 1.82) is 5.26 Å². The molecule has 0 saturated heterocycles. The number of aliphatic hydroxyl groups is 1. The van der Waals surface area contributed by atoms with Crippen molar-refractivity contribution in [3.05, 3.63) is 105 Å². The van der Waals surface area contributed by atoms with Crippen molar-refractivity contribution >= 4 is 17.5 Å². The molecule has 5 nitrogen and oxygen atoms in total. The van der Waals surface area contributed by atoms with E-state index in [1.807, 2.05) is 24.3 Å². The van der Waals surface area contributed by atoms with Crippen molar-refractivity contribution in [3.63, 3.8) is 0 Å². The summed E-state index contributed by atoms with van der Waals surface area (Å²) in [6.07, 6.45) is -0.174. The first-order valence-electron chi connectivity index (χ1n) is 11.2. The van der Waals surface area contributed by atoms with E-state index in [2.05, 4.69) is 23.6 Å². The topological polar surface area (TPSA) is 85.2 Å². The van der Waals surface area contributed by atoms with Crippen LogP contribution in [0.4, 0.5) is 8.78 Å².